The van der Waals surface area contributed by atoms with E-state index in [0.717, 1.165) is 17.8 Å². The monoisotopic (exact) mass is 332 g/mol. The summed E-state index contributed by atoms with van der Waals surface area (Å²) in [6.07, 6.45) is 3.58. The Labute approximate surface area is 139 Å². The van der Waals surface area contributed by atoms with E-state index in [4.69, 9.17) is 10.5 Å². The first-order valence-electron chi connectivity index (χ1n) is 8.09. The van der Waals surface area contributed by atoms with Crippen molar-refractivity contribution in [1.29, 1.82) is 0 Å². The van der Waals surface area contributed by atoms with E-state index in [2.05, 4.69) is 10.4 Å². The van der Waals surface area contributed by atoms with Crippen molar-refractivity contribution >= 4 is 5.91 Å². The van der Waals surface area contributed by atoms with Crippen molar-refractivity contribution in [3.05, 3.63) is 48.0 Å². The molecule has 7 heteroatoms. The molecule has 0 bridgehead atoms. The largest absolute Gasteiger partial charge is 0.364 e. The van der Waals surface area contributed by atoms with Gasteiger partial charge in [0, 0.05) is 25.7 Å². The number of nitrogens with zero attached hydrogens (tertiary/aromatic N) is 2. The minimum absolute atomic E-state index is 0.00726. The molecule has 0 aliphatic carbocycles. The number of carbonyl (C=O) groups excluding carboxylic acids is 1. The van der Waals surface area contributed by atoms with Crippen molar-refractivity contribution in [3.8, 4) is 5.69 Å². The molecule has 1 fully saturated rings. The first kappa shape index (κ1) is 16.6. The van der Waals surface area contributed by atoms with Gasteiger partial charge in [0.2, 0.25) is 5.91 Å². The van der Waals surface area contributed by atoms with Crippen molar-refractivity contribution in [3.63, 3.8) is 0 Å². The molecule has 0 unspecified atom stereocenters. The Morgan fingerprint density at radius 1 is 1.33 bits per heavy atom. The van der Waals surface area contributed by atoms with Crippen LogP contribution in [0.15, 0.2) is 36.5 Å². The molecule has 2 heterocycles. The van der Waals surface area contributed by atoms with E-state index in [-0.39, 0.29) is 17.8 Å². The van der Waals surface area contributed by atoms with Gasteiger partial charge in [0.05, 0.1) is 17.5 Å². The standard InChI is InChI=1S/C17H21FN4O2/c18-12-1-3-14(4-2-12)22-10-8-13(21-22)7-9-20-17(23)16-6-5-15(11-19)24-16/h1-4,8,10,15-16H,5-7,9,11,19H2,(H,20,23)/t15-,16+/m1/s1. The number of halogens is 1. The van der Waals surface area contributed by atoms with Gasteiger partial charge in [-0.1, -0.05) is 0 Å². The summed E-state index contributed by atoms with van der Waals surface area (Å²) in [5.41, 5.74) is 7.19. The second-order valence-corrected chi connectivity index (χ2v) is 5.83. The summed E-state index contributed by atoms with van der Waals surface area (Å²) in [4.78, 5) is 12.0. The van der Waals surface area contributed by atoms with E-state index in [0.29, 0.717) is 25.9 Å². The molecule has 128 valence electrons. The Morgan fingerprint density at radius 2 is 2.12 bits per heavy atom. The molecule has 1 amide bonds. The Kier molecular flexibility index (Phi) is 5.22. The fourth-order valence-electron chi connectivity index (χ4n) is 2.73. The normalized spacial score (nSPS) is 20.2. The summed E-state index contributed by atoms with van der Waals surface area (Å²) < 4.78 is 20.2. The van der Waals surface area contributed by atoms with Crippen molar-refractivity contribution in [2.24, 2.45) is 5.73 Å². The predicted octanol–water partition coefficient (Wildman–Crippen LogP) is 1.18. The molecule has 1 aromatic carbocycles. The molecule has 2 atom stereocenters. The SMILES string of the molecule is NC[C@H]1CC[C@@H](C(=O)NCCc2ccn(-c3ccc(F)cc3)n2)O1. The molecule has 3 N–H and O–H groups in total. The summed E-state index contributed by atoms with van der Waals surface area (Å²) in [6.45, 7) is 0.941. The number of aromatic nitrogens is 2. The highest BCUT2D eigenvalue weighted by molar-refractivity contribution is 5.81. The molecule has 1 aliphatic heterocycles. The zero-order valence-corrected chi connectivity index (χ0v) is 13.3. The van der Waals surface area contributed by atoms with Crippen LogP contribution in [0.25, 0.3) is 5.69 Å². The zero-order chi connectivity index (χ0) is 16.9. The Hall–Kier alpha value is -2.25. The molecule has 3 rings (SSSR count). The molecule has 0 spiro atoms. The lowest BCUT2D eigenvalue weighted by molar-refractivity contribution is -0.131. The van der Waals surface area contributed by atoms with Crippen molar-refractivity contribution < 1.29 is 13.9 Å². The second kappa shape index (κ2) is 7.55. The number of hydrogen-bond donors (Lipinski definition) is 2. The lowest BCUT2D eigenvalue weighted by Gasteiger charge is -2.12. The fraction of sp³-hybridized carbons (Fsp3) is 0.412. The minimum atomic E-state index is -0.393. The van der Waals surface area contributed by atoms with E-state index in [1.54, 1.807) is 16.8 Å². The fourth-order valence-corrected chi connectivity index (χ4v) is 2.73. The topological polar surface area (TPSA) is 82.2 Å². The molecule has 6 nitrogen and oxygen atoms in total. The van der Waals surface area contributed by atoms with Crippen LogP contribution in [-0.4, -0.2) is 41.0 Å². The number of nitrogens with two attached hydrogens (primary N) is 1. The highest BCUT2D eigenvalue weighted by Crippen LogP contribution is 2.18. The van der Waals surface area contributed by atoms with E-state index < -0.39 is 6.10 Å². The average molecular weight is 332 g/mol. The maximum absolute atomic E-state index is 12.9. The second-order valence-electron chi connectivity index (χ2n) is 5.83. The van der Waals surface area contributed by atoms with Crippen LogP contribution >= 0.6 is 0 Å². The highest BCUT2D eigenvalue weighted by Gasteiger charge is 2.29. The van der Waals surface area contributed by atoms with Crippen LogP contribution in [-0.2, 0) is 16.0 Å². The smallest absolute Gasteiger partial charge is 0.249 e. The summed E-state index contributed by atoms with van der Waals surface area (Å²) in [7, 11) is 0. The number of carbonyl (C=O) groups is 1. The van der Waals surface area contributed by atoms with E-state index >= 15 is 0 Å². The van der Waals surface area contributed by atoms with Crippen LogP contribution < -0.4 is 11.1 Å². The maximum Gasteiger partial charge on any atom is 0.249 e. The molecule has 0 radical (unpaired) electrons. The lowest BCUT2D eigenvalue weighted by atomic mass is 10.2. The maximum atomic E-state index is 12.9. The molecule has 24 heavy (non-hydrogen) atoms. The summed E-state index contributed by atoms with van der Waals surface area (Å²) >= 11 is 0. The van der Waals surface area contributed by atoms with Crippen LogP contribution in [0.4, 0.5) is 4.39 Å². The number of hydrogen-bond acceptors (Lipinski definition) is 4. The summed E-state index contributed by atoms with van der Waals surface area (Å²) in [5, 5.41) is 7.30. The first-order valence-corrected chi connectivity index (χ1v) is 8.09. The van der Waals surface area contributed by atoms with Crippen molar-refractivity contribution in [2.45, 2.75) is 31.5 Å². The van der Waals surface area contributed by atoms with Crippen LogP contribution in [0.3, 0.4) is 0 Å². The van der Waals surface area contributed by atoms with Crippen molar-refractivity contribution in [1.82, 2.24) is 15.1 Å². The van der Waals surface area contributed by atoms with Crippen LogP contribution in [0.1, 0.15) is 18.5 Å². The van der Waals surface area contributed by atoms with E-state index in [1.165, 1.54) is 12.1 Å². The lowest BCUT2D eigenvalue weighted by Crippen LogP contribution is -2.36. The van der Waals surface area contributed by atoms with Gasteiger partial charge in [-0.2, -0.15) is 5.10 Å². The molecule has 0 saturated carbocycles. The zero-order valence-electron chi connectivity index (χ0n) is 13.3. The number of ether oxygens (including phenoxy) is 1. The third-order valence-corrected chi connectivity index (χ3v) is 4.08. The molecule has 1 aromatic heterocycles. The number of benzene rings is 1. The predicted molar refractivity (Wildman–Crippen MR) is 87.2 cm³/mol. The first-order chi connectivity index (χ1) is 11.7. The number of rotatable bonds is 6. The van der Waals surface area contributed by atoms with E-state index in [1.807, 2.05) is 12.3 Å². The van der Waals surface area contributed by atoms with Crippen LogP contribution in [0.5, 0.6) is 0 Å². The third kappa shape index (κ3) is 3.98. The van der Waals surface area contributed by atoms with Gasteiger partial charge >= 0.3 is 0 Å². The van der Waals surface area contributed by atoms with E-state index in [9.17, 15) is 9.18 Å². The molecule has 1 aliphatic rings. The average Bonchev–Trinajstić information content (AvgIpc) is 3.24. The van der Waals surface area contributed by atoms with Crippen molar-refractivity contribution in [2.75, 3.05) is 13.1 Å². The van der Waals surface area contributed by atoms with Gasteiger partial charge in [0.25, 0.3) is 0 Å². The van der Waals surface area contributed by atoms with Gasteiger partial charge in [-0.25, -0.2) is 9.07 Å². The third-order valence-electron chi connectivity index (χ3n) is 4.08. The Balaban J connectivity index is 1.47. The summed E-state index contributed by atoms with van der Waals surface area (Å²) in [5.74, 6) is -0.372. The Morgan fingerprint density at radius 3 is 2.83 bits per heavy atom. The molecule has 2 aromatic rings. The molecular weight excluding hydrogens is 311 g/mol. The number of amides is 1. The van der Waals surface area contributed by atoms with Gasteiger partial charge in [-0.05, 0) is 43.2 Å². The van der Waals surface area contributed by atoms with Gasteiger partial charge in [-0.3, -0.25) is 4.79 Å². The number of nitrogens with one attached hydrogen (secondary N) is 1. The summed E-state index contributed by atoms with van der Waals surface area (Å²) in [6, 6.07) is 8.00. The van der Waals surface area contributed by atoms with Gasteiger partial charge in [-0.15, -0.1) is 0 Å². The Bertz CT molecular complexity index is 686. The molecular formula is C17H21FN4O2. The highest BCUT2D eigenvalue weighted by atomic mass is 19.1. The molecule has 1 saturated heterocycles. The van der Waals surface area contributed by atoms with Gasteiger partial charge < -0.3 is 15.8 Å². The van der Waals surface area contributed by atoms with Crippen LogP contribution in [0.2, 0.25) is 0 Å². The van der Waals surface area contributed by atoms with Gasteiger partial charge in [0.1, 0.15) is 11.9 Å². The quantitative estimate of drug-likeness (QED) is 0.832. The van der Waals surface area contributed by atoms with Gasteiger partial charge in [0.15, 0.2) is 0 Å². The van der Waals surface area contributed by atoms with Crippen LogP contribution in [0, 0.1) is 5.82 Å². The minimum Gasteiger partial charge on any atom is -0.364 e.